The minimum atomic E-state index is 0. The molecule has 0 saturated carbocycles. The number of rotatable bonds is 3. The van der Waals surface area contributed by atoms with Crippen LogP contribution in [0.2, 0.25) is 0 Å². The van der Waals surface area contributed by atoms with Crippen LogP contribution in [0.4, 0.5) is 0 Å². The van der Waals surface area contributed by atoms with Gasteiger partial charge in [0.15, 0.2) is 0 Å². The maximum atomic E-state index is 7.76. The molecule has 0 bridgehead atoms. The maximum Gasteiger partial charge on any atom is 2.00 e. The van der Waals surface area contributed by atoms with Crippen molar-refractivity contribution in [3.8, 4) is 0 Å². The van der Waals surface area contributed by atoms with Crippen LogP contribution in [-0.4, -0.2) is 17.2 Å². The normalized spacial score (nSPS) is 10.6. The van der Waals surface area contributed by atoms with Gasteiger partial charge in [0.1, 0.15) is 0 Å². The third-order valence-corrected chi connectivity index (χ3v) is 2.38. The summed E-state index contributed by atoms with van der Waals surface area (Å²) in [5, 5.41) is 7.76. The molecule has 1 aliphatic rings. The molecule has 3 N–H and O–H groups in total. The van der Waals surface area contributed by atoms with E-state index in [4.69, 9.17) is 5.11 Å². The summed E-state index contributed by atoms with van der Waals surface area (Å²) in [5.41, 5.74) is 1.34. The number of aliphatic hydroxyl groups excluding tert-OH is 1. The molecular weight excluding hydrogens is 328 g/mol. The van der Waals surface area contributed by atoms with Crippen molar-refractivity contribution in [3.05, 3.63) is 73.9 Å². The first-order valence-electron chi connectivity index (χ1n) is 7.65. The van der Waals surface area contributed by atoms with Crippen LogP contribution in [0.5, 0.6) is 0 Å². The van der Waals surface area contributed by atoms with Gasteiger partial charge in [-0.05, 0) is 5.92 Å². The molecule has 1 aromatic carbocycles. The first kappa shape index (κ1) is 30.1. The van der Waals surface area contributed by atoms with Crippen molar-refractivity contribution in [2.75, 3.05) is 6.61 Å². The summed E-state index contributed by atoms with van der Waals surface area (Å²) < 4.78 is 0. The van der Waals surface area contributed by atoms with Gasteiger partial charge in [0.25, 0.3) is 0 Å². The smallest absolute Gasteiger partial charge is 0.412 e. The van der Waals surface area contributed by atoms with E-state index < -0.39 is 0 Å². The van der Waals surface area contributed by atoms with Gasteiger partial charge in [0, 0.05) is 0 Å². The van der Waals surface area contributed by atoms with Crippen LogP contribution in [-0.2, 0) is 17.1 Å². The second-order valence-corrected chi connectivity index (χ2v) is 5.08. The summed E-state index contributed by atoms with van der Waals surface area (Å²) in [6.07, 6.45) is 12.4. The van der Waals surface area contributed by atoms with Gasteiger partial charge in [0.05, 0.1) is 6.61 Å². The molecule has 1 aliphatic carbocycles. The molecule has 1 aromatic rings. The third-order valence-electron chi connectivity index (χ3n) is 2.38. The van der Waals surface area contributed by atoms with Crippen LogP contribution >= 0.6 is 0 Å². The Morgan fingerprint density at radius 3 is 1.87 bits per heavy atom. The standard InChI is InChI=1S/C6H7.C6H14.C5H5.C3H6O.Fe.H2O/c1-6-4-2-3-5-6;1-4-5-6(2)3;1-2-4-5-3-1;1-2-3-4;;/h2-5H,1H3;6H,4-5H2,1-3H3;1-5H;2,4H,1,3H2;;1H2/q-1;;-1;;+2;. The quantitative estimate of drug-likeness (QED) is 0.471. The summed E-state index contributed by atoms with van der Waals surface area (Å²) >= 11 is 0. The van der Waals surface area contributed by atoms with Gasteiger partial charge in [-0.15, -0.1) is 19.4 Å². The van der Waals surface area contributed by atoms with E-state index in [2.05, 4.69) is 46.8 Å². The average molecular weight is 362 g/mol. The van der Waals surface area contributed by atoms with E-state index in [1.807, 2.05) is 43.2 Å². The Balaban J connectivity index is -0.000000103. The van der Waals surface area contributed by atoms with Crippen molar-refractivity contribution in [2.24, 2.45) is 5.92 Å². The average Bonchev–Trinajstić information content (AvgIpc) is 3.15. The van der Waals surface area contributed by atoms with Crippen LogP contribution < -0.4 is 0 Å². The molecule has 3 heteroatoms. The Morgan fingerprint density at radius 2 is 1.78 bits per heavy atom. The molecule has 0 amide bonds. The fraction of sp³-hybridized carbons (Fsp3) is 0.400. The van der Waals surface area contributed by atoms with Gasteiger partial charge >= 0.3 is 17.1 Å². The molecule has 23 heavy (non-hydrogen) atoms. The Morgan fingerprint density at radius 1 is 1.26 bits per heavy atom. The van der Waals surface area contributed by atoms with Crippen LogP contribution in [0, 0.1) is 25.2 Å². The van der Waals surface area contributed by atoms with E-state index in [1.54, 1.807) is 0 Å². The molecule has 2 rings (SSSR count). The molecule has 0 saturated heterocycles. The second kappa shape index (κ2) is 26.1. The number of allylic oxidation sites excluding steroid dienone is 2. The molecule has 0 atom stereocenters. The largest absolute Gasteiger partial charge is 2.00 e. The van der Waals surface area contributed by atoms with E-state index in [9.17, 15) is 0 Å². The van der Waals surface area contributed by atoms with Gasteiger partial charge in [-0.25, -0.2) is 30.2 Å². The van der Waals surface area contributed by atoms with Crippen molar-refractivity contribution in [3.63, 3.8) is 0 Å². The van der Waals surface area contributed by atoms with E-state index >= 15 is 0 Å². The number of hydrogen-bond acceptors (Lipinski definition) is 1. The maximum absolute atomic E-state index is 7.76. The monoisotopic (exact) mass is 362 g/mol. The second-order valence-electron chi connectivity index (χ2n) is 5.08. The van der Waals surface area contributed by atoms with Crippen LogP contribution in [0.1, 0.15) is 40.5 Å². The topological polar surface area (TPSA) is 51.7 Å². The fourth-order valence-corrected chi connectivity index (χ4v) is 1.37. The molecule has 0 fully saturated rings. The molecule has 2 radical (unpaired) electrons. The minimum absolute atomic E-state index is 0. The Labute approximate surface area is 154 Å². The predicted molar refractivity (Wildman–Crippen MR) is 99.3 cm³/mol. The van der Waals surface area contributed by atoms with Gasteiger partial charge in [-0.2, -0.15) is 18.2 Å². The van der Waals surface area contributed by atoms with Crippen LogP contribution in [0.15, 0.2) is 54.6 Å². The fourth-order valence-electron chi connectivity index (χ4n) is 1.37. The zero-order valence-corrected chi connectivity index (χ0v) is 16.1. The SMILES string of the molecule is C=CCO.CC1=C[CH][CH][CH-]1.CCCC(C)C.O.[Fe+2].c1cc[cH-]c1. The predicted octanol–water partition coefficient (Wildman–Crippen LogP) is 4.74. The van der Waals surface area contributed by atoms with E-state index in [0.717, 1.165) is 5.92 Å². The molecule has 134 valence electrons. The molecule has 0 aromatic heterocycles. The first-order chi connectivity index (χ1) is 10.1. The van der Waals surface area contributed by atoms with E-state index in [-0.39, 0.29) is 29.2 Å². The summed E-state index contributed by atoms with van der Waals surface area (Å²) in [5.74, 6) is 0.898. The van der Waals surface area contributed by atoms with Crippen LogP contribution in [0.25, 0.3) is 0 Å². The van der Waals surface area contributed by atoms with E-state index in [1.165, 1.54) is 24.5 Å². The summed E-state index contributed by atoms with van der Waals surface area (Å²) in [6, 6.07) is 10.0. The summed E-state index contributed by atoms with van der Waals surface area (Å²) in [4.78, 5) is 0. The Bertz CT molecular complexity index is 299. The zero-order valence-electron chi connectivity index (χ0n) is 15.0. The Hall–Kier alpha value is -0.861. The van der Waals surface area contributed by atoms with Crippen molar-refractivity contribution in [1.82, 2.24) is 0 Å². The number of aliphatic hydroxyl groups is 1. The van der Waals surface area contributed by atoms with Crippen molar-refractivity contribution in [2.45, 2.75) is 40.5 Å². The zero-order chi connectivity index (χ0) is 16.3. The number of hydrogen-bond donors (Lipinski definition) is 1. The molecular formula is C20H34FeO2. The van der Waals surface area contributed by atoms with Gasteiger partial charge in [-0.3, -0.25) is 0 Å². The van der Waals surface area contributed by atoms with Gasteiger partial charge < -0.3 is 10.6 Å². The molecule has 2 nitrogen and oxygen atoms in total. The molecule has 0 spiro atoms. The Kier molecular flexibility index (Phi) is 34.1. The minimum Gasteiger partial charge on any atom is -0.412 e. The molecule has 0 unspecified atom stereocenters. The summed E-state index contributed by atoms with van der Waals surface area (Å²) in [7, 11) is 0. The van der Waals surface area contributed by atoms with Crippen molar-refractivity contribution >= 4 is 0 Å². The third kappa shape index (κ3) is 33.8. The van der Waals surface area contributed by atoms with Gasteiger partial charge in [0.2, 0.25) is 0 Å². The first-order valence-corrected chi connectivity index (χ1v) is 7.65. The van der Waals surface area contributed by atoms with E-state index in [0.29, 0.717) is 0 Å². The summed E-state index contributed by atoms with van der Waals surface area (Å²) in [6.45, 7) is 12.1. The molecule has 0 heterocycles. The van der Waals surface area contributed by atoms with Crippen LogP contribution in [0.3, 0.4) is 0 Å². The molecule has 0 aliphatic heterocycles. The van der Waals surface area contributed by atoms with Crippen molar-refractivity contribution < 1.29 is 27.7 Å². The van der Waals surface area contributed by atoms with Gasteiger partial charge in [-0.1, -0.05) is 46.6 Å². The van der Waals surface area contributed by atoms with Crippen molar-refractivity contribution in [1.29, 1.82) is 0 Å².